The Morgan fingerprint density at radius 3 is 2.44 bits per heavy atom. The van der Waals surface area contributed by atoms with Crippen LogP contribution in [-0.2, 0) is 15.3 Å². The van der Waals surface area contributed by atoms with Crippen LogP contribution in [0.1, 0.15) is 0 Å². The molecule has 0 bridgehead atoms. The van der Waals surface area contributed by atoms with Crippen molar-refractivity contribution in [2.45, 2.75) is 0 Å². The van der Waals surface area contributed by atoms with E-state index < -0.39 is 16.4 Å². The van der Waals surface area contributed by atoms with Crippen molar-refractivity contribution in [3.8, 4) is 0 Å². The molecule has 0 aliphatic heterocycles. The molecule has 0 aromatic heterocycles. The summed E-state index contributed by atoms with van der Waals surface area (Å²) in [5.74, 6) is 3.50. The Labute approximate surface area is 52.1 Å². The van der Waals surface area contributed by atoms with Crippen LogP contribution in [0.25, 0.3) is 0 Å². The minimum atomic E-state index is -2.72. The quantitative estimate of drug-likeness (QED) is 0.279. The third kappa shape index (κ3) is 4.62. The average molecular weight is 149 g/mol. The van der Waals surface area contributed by atoms with Crippen LogP contribution in [0.15, 0.2) is 9.46 Å². The first-order chi connectivity index (χ1) is 4.16. The van der Waals surface area contributed by atoms with Gasteiger partial charge in [0.15, 0.2) is 0 Å². The van der Waals surface area contributed by atoms with Crippen molar-refractivity contribution in [3.63, 3.8) is 0 Å². The van der Waals surface area contributed by atoms with Gasteiger partial charge in [-0.1, -0.05) is 4.36 Å². The lowest BCUT2D eigenvalue weighted by molar-refractivity contribution is -0.111. The summed E-state index contributed by atoms with van der Waals surface area (Å²) in [5.41, 5.74) is 0. The zero-order valence-electron chi connectivity index (χ0n) is 4.18. The molecule has 0 fully saturated rings. The maximum absolute atomic E-state index is 10.1. The highest BCUT2D eigenvalue weighted by Crippen LogP contribution is 1.65. The zero-order valence-corrected chi connectivity index (χ0v) is 5.00. The number of amides is 1. The van der Waals surface area contributed by atoms with Crippen LogP contribution in [0, 0.1) is 0 Å². The largest absolute Gasteiger partial charge is 0.323 e. The number of hydrazone groups is 1. The second-order valence-electron chi connectivity index (χ2n) is 0.925. The van der Waals surface area contributed by atoms with Crippen molar-refractivity contribution >= 4 is 22.6 Å². The molecule has 2 N–H and O–H groups in total. The molecule has 7 heteroatoms. The predicted octanol–water partition coefficient (Wildman–Crippen LogP) is -1.48. The number of nitrogens with zero attached hydrogens (tertiary/aromatic N) is 2. The Balaban J connectivity index is 4.28. The molecule has 0 aliphatic rings. The van der Waals surface area contributed by atoms with Crippen LogP contribution in [0.2, 0.25) is 0 Å². The van der Waals surface area contributed by atoms with Gasteiger partial charge in [-0.15, -0.1) is 0 Å². The van der Waals surface area contributed by atoms with Crippen LogP contribution in [0.5, 0.6) is 0 Å². The Hall–Kier alpha value is -1.24. The minimum Gasteiger partial charge on any atom is -0.323 e. The molecule has 6 nitrogen and oxygen atoms in total. The number of carbonyl (C=O) groups is 1. The summed E-state index contributed by atoms with van der Waals surface area (Å²) in [4.78, 5) is 10.1. The number of hydrogen-bond acceptors (Lipinski definition) is 5. The first-order valence-corrected chi connectivity index (χ1v) is 2.78. The standard InChI is InChI=1S/C2H3N3O3S/c3-4-1-2(6)5-9(7)8/h1H,3H2. The number of rotatable bonds is 1. The van der Waals surface area contributed by atoms with E-state index in [1.165, 1.54) is 0 Å². The Morgan fingerprint density at radius 2 is 2.11 bits per heavy atom. The van der Waals surface area contributed by atoms with Gasteiger partial charge < -0.3 is 5.84 Å². The molecular weight excluding hydrogens is 146 g/mol. The monoisotopic (exact) mass is 149 g/mol. The van der Waals surface area contributed by atoms with Gasteiger partial charge in [0, 0.05) is 0 Å². The normalized spacial score (nSPS) is 9.33. The van der Waals surface area contributed by atoms with E-state index in [1.807, 2.05) is 0 Å². The first kappa shape index (κ1) is 7.76. The maximum Gasteiger partial charge on any atom is 0.319 e. The van der Waals surface area contributed by atoms with Crippen LogP contribution in [0.3, 0.4) is 0 Å². The molecule has 0 saturated heterocycles. The van der Waals surface area contributed by atoms with Crippen LogP contribution in [0.4, 0.5) is 0 Å². The predicted molar refractivity (Wildman–Crippen MR) is 29.0 cm³/mol. The Kier molecular flexibility index (Phi) is 3.21. The van der Waals surface area contributed by atoms with Gasteiger partial charge in [-0.3, -0.25) is 4.79 Å². The van der Waals surface area contributed by atoms with Gasteiger partial charge in [0.25, 0.3) is 0 Å². The Morgan fingerprint density at radius 1 is 1.56 bits per heavy atom. The number of nitrogens with two attached hydrogens (primary N) is 1. The lowest BCUT2D eigenvalue weighted by atomic mass is 10.7. The van der Waals surface area contributed by atoms with Gasteiger partial charge in [-0.2, -0.15) is 13.5 Å². The average Bonchev–Trinajstić information content (AvgIpc) is 1.63. The molecular formula is C2H3N3O3S. The molecule has 1 amide bonds. The second kappa shape index (κ2) is 3.72. The molecule has 0 radical (unpaired) electrons. The number of carbonyl (C=O) groups excluding carboxylic acids is 1. The van der Waals surface area contributed by atoms with E-state index in [0.29, 0.717) is 6.21 Å². The molecule has 0 heterocycles. The van der Waals surface area contributed by atoms with E-state index in [1.54, 1.807) is 0 Å². The molecule has 0 unspecified atom stereocenters. The van der Waals surface area contributed by atoms with Gasteiger partial charge in [0.1, 0.15) is 6.21 Å². The number of hydrogen-bond donors (Lipinski definition) is 1. The van der Waals surface area contributed by atoms with Crippen molar-refractivity contribution in [3.05, 3.63) is 0 Å². The fourth-order valence-electron chi connectivity index (χ4n) is 0.161. The van der Waals surface area contributed by atoms with Crippen LogP contribution < -0.4 is 5.84 Å². The summed E-state index contributed by atoms with van der Waals surface area (Å²) in [7, 11) is -2.72. The van der Waals surface area contributed by atoms with Gasteiger partial charge in [0.2, 0.25) is 0 Å². The molecule has 0 rings (SSSR count). The van der Waals surface area contributed by atoms with Gasteiger partial charge in [-0.25, -0.2) is 0 Å². The lowest BCUT2D eigenvalue weighted by Gasteiger charge is -1.70. The summed E-state index contributed by atoms with van der Waals surface area (Å²) >= 11 is 0. The van der Waals surface area contributed by atoms with Gasteiger partial charge in [0.05, 0.1) is 0 Å². The molecule has 9 heavy (non-hydrogen) atoms. The lowest BCUT2D eigenvalue weighted by Crippen LogP contribution is -1.95. The third-order valence-corrected chi connectivity index (χ3v) is 0.678. The minimum absolute atomic E-state index is 0.593. The highest BCUT2D eigenvalue weighted by Gasteiger charge is 1.89. The molecule has 0 aliphatic carbocycles. The van der Waals surface area contributed by atoms with E-state index in [0.717, 1.165) is 0 Å². The first-order valence-electron chi connectivity index (χ1n) is 1.75. The third-order valence-electron chi connectivity index (χ3n) is 0.349. The molecule has 0 atom stereocenters. The summed E-state index contributed by atoms with van der Waals surface area (Å²) in [6.07, 6.45) is 0.593. The summed E-state index contributed by atoms with van der Waals surface area (Å²) in [5, 5.41) is 2.75. The van der Waals surface area contributed by atoms with E-state index in [-0.39, 0.29) is 0 Å². The van der Waals surface area contributed by atoms with Crippen molar-refractivity contribution < 1.29 is 13.2 Å². The summed E-state index contributed by atoms with van der Waals surface area (Å²) < 4.78 is 21.7. The van der Waals surface area contributed by atoms with Crippen LogP contribution >= 0.6 is 0 Å². The molecule has 50 valence electrons. The summed E-state index contributed by atoms with van der Waals surface area (Å²) in [6.45, 7) is 0. The highest BCUT2D eigenvalue weighted by atomic mass is 32.2. The fourth-order valence-corrected chi connectivity index (χ4v) is 0.355. The SMILES string of the molecule is NN=CC(=O)N=S(=O)=O. The molecule has 0 saturated carbocycles. The fraction of sp³-hybridized carbons (Fsp3) is 0. The molecule has 0 spiro atoms. The molecule has 0 aromatic rings. The Bertz CT molecular complexity index is 242. The second-order valence-corrected chi connectivity index (χ2v) is 1.54. The van der Waals surface area contributed by atoms with Crippen LogP contribution in [-0.4, -0.2) is 20.5 Å². The van der Waals surface area contributed by atoms with Gasteiger partial charge in [-0.05, 0) is 0 Å². The topological polar surface area (TPSA) is 102 Å². The van der Waals surface area contributed by atoms with Crippen molar-refractivity contribution in [2.75, 3.05) is 0 Å². The van der Waals surface area contributed by atoms with E-state index in [9.17, 15) is 13.2 Å². The van der Waals surface area contributed by atoms with E-state index in [2.05, 4.69) is 15.3 Å². The van der Waals surface area contributed by atoms with Crippen molar-refractivity contribution in [1.82, 2.24) is 0 Å². The zero-order chi connectivity index (χ0) is 7.28. The molecule has 0 aromatic carbocycles. The van der Waals surface area contributed by atoms with Crippen molar-refractivity contribution in [2.24, 2.45) is 15.3 Å². The van der Waals surface area contributed by atoms with Gasteiger partial charge >= 0.3 is 16.4 Å². The van der Waals surface area contributed by atoms with E-state index >= 15 is 0 Å². The van der Waals surface area contributed by atoms with Crippen molar-refractivity contribution in [1.29, 1.82) is 0 Å². The van der Waals surface area contributed by atoms with E-state index in [4.69, 9.17) is 0 Å². The summed E-state index contributed by atoms with van der Waals surface area (Å²) in [6, 6.07) is 0. The highest BCUT2D eigenvalue weighted by molar-refractivity contribution is 7.62. The maximum atomic E-state index is 10.1. The smallest absolute Gasteiger partial charge is 0.319 e.